The molecule has 90 valence electrons. The molecule has 0 aliphatic carbocycles. The number of carboxylic acids is 1. The number of aryl methyl sites for hydroxylation is 1. The molecule has 0 saturated carbocycles. The maximum atomic E-state index is 10.7. The van der Waals surface area contributed by atoms with Crippen LogP contribution in [0.4, 0.5) is 0 Å². The Labute approximate surface area is 105 Å². The van der Waals surface area contributed by atoms with Crippen molar-refractivity contribution in [3.05, 3.63) is 35.0 Å². The zero-order valence-electron chi connectivity index (χ0n) is 9.77. The summed E-state index contributed by atoms with van der Waals surface area (Å²) in [7, 11) is 1.94. The lowest BCUT2D eigenvalue weighted by Crippen LogP contribution is -2.06. The number of aliphatic carboxylic acids is 1. The summed E-state index contributed by atoms with van der Waals surface area (Å²) in [6.07, 6.45) is 0.137. The number of carboxylic acid groups (broad SMARTS) is 1. The highest BCUT2D eigenvalue weighted by Crippen LogP contribution is 2.28. The van der Waals surface area contributed by atoms with Crippen molar-refractivity contribution >= 4 is 28.5 Å². The summed E-state index contributed by atoms with van der Waals surface area (Å²) < 4.78 is 2.01. The second kappa shape index (κ2) is 4.41. The summed E-state index contributed by atoms with van der Waals surface area (Å²) in [5.41, 5.74) is 2.05. The van der Waals surface area contributed by atoms with Crippen LogP contribution < -0.4 is 0 Å². The van der Waals surface area contributed by atoms with Gasteiger partial charge in [-0.25, -0.2) is 0 Å². The molecule has 0 radical (unpaired) electrons. The largest absolute Gasteiger partial charge is 0.481 e. The van der Waals surface area contributed by atoms with Gasteiger partial charge in [-0.2, -0.15) is 0 Å². The minimum atomic E-state index is -0.777. The Morgan fingerprint density at radius 1 is 1.47 bits per heavy atom. The zero-order valence-corrected chi connectivity index (χ0v) is 10.5. The van der Waals surface area contributed by atoms with Crippen LogP contribution in [-0.4, -0.2) is 15.6 Å². The third-order valence-electron chi connectivity index (χ3n) is 3.03. The molecule has 1 heterocycles. The fourth-order valence-corrected chi connectivity index (χ4v) is 2.33. The molecule has 0 spiro atoms. The van der Waals surface area contributed by atoms with E-state index in [2.05, 4.69) is 0 Å². The Hall–Kier alpha value is -1.48. The van der Waals surface area contributed by atoms with E-state index >= 15 is 0 Å². The molecule has 3 nitrogen and oxygen atoms in total. The van der Waals surface area contributed by atoms with E-state index < -0.39 is 5.97 Å². The molecule has 0 aliphatic heterocycles. The van der Waals surface area contributed by atoms with Crippen LogP contribution in [0.15, 0.2) is 24.3 Å². The van der Waals surface area contributed by atoms with Gasteiger partial charge >= 0.3 is 5.97 Å². The van der Waals surface area contributed by atoms with Gasteiger partial charge < -0.3 is 9.67 Å². The van der Waals surface area contributed by atoms with E-state index in [1.165, 1.54) is 0 Å². The molecule has 0 bridgehead atoms. The Balaban J connectivity index is 2.48. The monoisotopic (exact) mass is 251 g/mol. The number of carbonyl (C=O) groups is 1. The molecule has 1 N–H and O–H groups in total. The first-order valence-electron chi connectivity index (χ1n) is 5.45. The lowest BCUT2D eigenvalue weighted by Gasteiger charge is -2.10. The van der Waals surface area contributed by atoms with Gasteiger partial charge in [0, 0.05) is 29.2 Å². The second-order valence-corrected chi connectivity index (χ2v) is 4.77. The number of hydrogen-bond donors (Lipinski definition) is 1. The number of hydrogen-bond acceptors (Lipinski definition) is 1. The van der Waals surface area contributed by atoms with Gasteiger partial charge in [-0.15, -0.1) is 0 Å². The molecular formula is C13H14ClNO2. The molecular weight excluding hydrogens is 238 g/mol. The van der Waals surface area contributed by atoms with Gasteiger partial charge in [-0.3, -0.25) is 4.79 Å². The summed E-state index contributed by atoms with van der Waals surface area (Å²) in [4.78, 5) is 10.7. The molecule has 2 rings (SSSR count). The topological polar surface area (TPSA) is 42.2 Å². The van der Waals surface area contributed by atoms with Crippen LogP contribution in [0.3, 0.4) is 0 Å². The van der Waals surface area contributed by atoms with Crippen molar-refractivity contribution in [2.45, 2.75) is 19.3 Å². The summed E-state index contributed by atoms with van der Waals surface area (Å²) in [5, 5.41) is 10.6. The van der Waals surface area contributed by atoms with Gasteiger partial charge in [0.2, 0.25) is 0 Å². The Bertz CT molecular complexity index is 574. The first kappa shape index (κ1) is 12.0. The smallest absolute Gasteiger partial charge is 0.304 e. The number of fused-ring (bicyclic) bond motifs is 1. The third-order valence-corrected chi connectivity index (χ3v) is 3.27. The van der Waals surface area contributed by atoms with E-state index in [4.69, 9.17) is 16.7 Å². The summed E-state index contributed by atoms with van der Waals surface area (Å²) in [6, 6.07) is 7.72. The Morgan fingerprint density at radius 3 is 2.82 bits per heavy atom. The number of nitrogens with zero attached hydrogens (tertiary/aromatic N) is 1. The van der Waals surface area contributed by atoms with Crippen LogP contribution in [-0.2, 0) is 11.8 Å². The molecule has 0 saturated heterocycles. The maximum Gasteiger partial charge on any atom is 0.304 e. The lowest BCUT2D eigenvalue weighted by atomic mass is 10.0. The number of rotatable bonds is 3. The SMILES string of the molecule is CC(CC(=O)O)c1cc2ccc(Cl)cc2n1C. The minimum Gasteiger partial charge on any atom is -0.481 e. The van der Waals surface area contributed by atoms with E-state index in [1.54, 1.807) is 0 Å². The van der Waals surface area contributed by atoms with E-state index in [9.17, 15) is 4.79 Å². The van der Waals surface area contributed by atoms with Crippen molar-refractivity contribution in [1.29, 1.82) is 0 Å². The molecule has 1 aromatic carbocycles. The average Bonchev–Trinajstić information content (AvgIpc) is 2.55. The fourth-order valence-electron chi connectivity index (χ4n) is 2.16. The highest BCUT2D eigenvalue weighted by atomic mass is 35.5. The summed E-state index contributed by atoms with van der Waals surface area (Å²) in [5.74, 6) is -0.788. The lowest BCUT2D eigenvalue weighted by molar-refractivity contribution is -0.137. The standard InChI is InChI=1S/C13H14ClNO2/c1-8(5-13(16)17)11-6-9-3-4-10(14)7-12(9)15(11)2/h3-4,6-8H,5H2,1-2H3,(H,16,17). The molecule has 1 atom stereocenters. The molecule has 0 fully saturated rings. The van der Waals surface area contributed by atoms with Crippen molar-refractivity contribution in [2.24, 2.45) is 7.05 Å². The first-order valence-corrected chi connectivity index (χ1v) is 5.83. The molecule has 2 aromatic rings. The van der Waals surface area contributed by atoms with Crippen LogP contribution in [0.5, 0.6) is 0 Å². The fraction of sp³-hybridized carbons (Fsp3) is 0.308. The molecule has 0 amide bonds. The van der Waals surface area contributed by atoms with Crippen molar-refractivity contribution in [2.75, 3.05) is 0 Å². The van der Waals surface area contributed by atoms with Crippen LogP contribution in [0, 0.1) is 0 Å². The average molecular weight is 252 g/mol. The zero-order chi connectivity index (χ0) is 12.6. The number of aromatic nitrogens is 1. The predicted octanol–water partition coefficient (Wildman–Crippen LogP) is 3.41. The first-order chi connectivity index (χ1) is 7.99. The van der Waals surface area contributed by atoms with E-state index in [0.717, 1.165) is 16.6 Å². The Morgan fingerprint density at radius 2 is 2.18 bits per heavy atom. The minimum absolute atomic E-state index is 0.0105. The van der Waals surface area contributed by atoms with Crippen LogP contribution >= 0.6 is 11.6 Å². The highest BCUT2D eigenvalue weighted by molar-refractivity contribution is 6.31. The van der Waals surface area contributed by atoms with E-state index in [-0.39, 0.29) is 12.3 Å². The number of benzene rings is 1. The molecule has 4 heteroatoms. The Kier molecular flexibility index (Phi) is 3.11. The van der Waals surface area contributed by atoms with E-state index in [0.29, 0.717) is 5.02 Å². The normalized spacial score (nSPS) is 12.9. The van der Waals surface area contributed by atoms with Gasteiger partial charge in [0.05, 0.1) is 6.42 Å². The summed E-state index contributed by atoms with van der Waals surface area (Å²) in [6.45, 7) is 1.92. The van der Waals surface area contributed by atoms with Gasteiger partial charge in [0.15, 0.2) is 0 Å². The van der Waals surface area contributed by atoms with Crippen molar-refractivity contribution in [1.82, 2.24) is 4.57 Å². The maximum absolute atomic E-state index is 10.7. The van der Waals surface area contributed by atoms with Gasteiger partial charge in [0.25, 0.3) is 0 Å². The molecule has 1 unspecified atom stereocenters. The van der Waals surface area contributed by atoms with E-state index in [1.807, 2.05) is 42.8 Å². The molecule has 0 aliphatic rings. The van der Waals surface area contributed by atoms with Crippen molar-refractivity contribution in [3.8, 4) is 0 Å². The van der Waals surface area contributed by atoms with Crippen molar-refractivity contribution < 1.29 is 9.90 Å². The second-order valence-electron chi connectivity index (χ2n) is 4.33. The van der Waals surface area contributed by atoms with Crippen LogP contribution in [0.25, 0.3) is 10.9 Å². The quantitative estimate of drug-likeness (QED) is 0.908. The van der Waals surface area contributed by atoms with Gasteiger partial charge in [-0.1, -0.05) is 24.6 Å². The van der Waals surface area contributed by atoms with Gasteiger partial charge in [0.1, 0.15) is 0 Å². The highest BCUT2D eigenvalue weighted by Gasteiger charge is 2.15. The predicted molar refractivity (Wildman–Crippen MR) is 68.6 cm³/mol. The van der Waals surface area contributed by atoms with Gasteiger partial charge in [-0.05, 0) is 23.6 Å². The summed E-state index contributed by atoms with van der Waals surface area (Å²) >= 11 is 5.96. The molecule has 17 heavy (non-hydrogen) atoms. The number of halogens is 1. The van der Waals surface area contributed by atoms with Crippen LogP contribution in [0.2, 0.25) is 5.02 Å². The third kappa shape index (κ3) is 2.29. The molecule has 1 aromatic heterocycles. The van der Waals surface area contributed by atoms with Crippen molar-refractivity contribution in [3.63, 3.8) is 0 Å². The van der Waals surface area contributed by atoms with Crippen LogP contribution in [0.1, 0.15) is 25.0 Å².